The first kappa shape index (κ1) is 16.4. The molecule has 5 atom stereocenters. The van der Waals surface area contributed by atoms with E-state index in [4.69, 9.17) is 9.47 Å². The van der Waals surface area contributed by atoms with Crippen molar-refractivity contribution in [2.45, 2.75) is 51.6 Å². The van der Waals surface area contributed by atoms with E-state index >= 15 is 0 Å². The number of hydrogen-bond donors (Lipinski definition) is 1. The van der Waals surface area contributed by atoms with Gasteiger partial charge in [0.2, 0.25) is 0 Å². The fraction of sp³-hybridized carbons (Fsp3) is 1.00. The number of ether oxygens (including phenoxy) is 2. The zero-order valence-electron chi connectivity index (χ0n) is 12.6. The van der Waals surface area contributed by atoms with Gasteiger partial charge in [-0.3, -0.25) is 0 Å². The predicted octanol–water partition coefficient (Wildman–Crippen LogP) is 2.44. The first-order valence-corrected chi connectivity index (χ1v) is 7.88. The van der Waals surface area contributed by atoms with Gasteiger partial charge in [-0.15, -0.1) is 0 Å². The summed E-state index contributed by atoms with van der Waals surface area (Å²) in [7, 11) is 4.09. The molecule has 0 aromatic heterocycles. The Hall–Kier alpha value is 0.335. The zero-order chi connectivity index (χ0) is 13.7. The third kappa shape index (κ3) is 4.46. The molecule has 1 rings (SSSR count). The van der Waals surface area contributed by atoms with E-state index < -0.39 is 0 Å². The molecule has 1 aliphatic rings. The monoisotopic (exact) mass is 272 g/mol. The molecule has 1 aliphatic carbocycles. The van der Waals surface area contributed by atoms with Gasteiger partial charge >= 0.3 is 0 Å². The van der Waals surface area contributed by atoms with E-state index in [0.29, 0.717) is 29.7 Å². The van der Waals surface area contributed by atoms with Crippen LogP contribution in [0.15, 0.2) is 0 Å². The summed E-state index contributed by atoms with van der Waals surface area (Å²) < 4.78 is 11.7. The highest BCUT2D eigenvalue weighted by atomic mass is 32.1. The van der Waals surface area contributed by atoms with Gasteiger partial charge in [-0.2, -0.15) is 12.6 Å². The molecule has 0 N–H and O–H groups in total. The van der Waals surface area contributed by atoms with Gasteiger partial charge in [0.25, 0.3) is 0 Å². The highest BCUT2D eigenvalue weighted by Crippen LogP contribution is 2.41. The van der Waals surface area contributed by atoms with Gasteiger partial charge in [-0.1, -0.05) is 27.2 Å². The summed E-state index contributed by atoms with van der Waals surface area (Å²) in [5, 5.41) is 0. The van der Waals surface area contributed by atoms with Gasteiger partial charge in [0.1, 0.15) is 7.85 Å². The summed E-state index contributed by atoms with van der Waals surface area (Å²) in [5.41, 5.74) is 0. The predicted molar refractivity (Wildman–Crippen MR) is 83.4 cm³/mol. The second-order valence-corrected chi connectivity index (χ2v) is 6.67. The van der Waals surface area contributed by atoms with Crippen molar-refractivity contribution in [3.05, 3.63) is 0 Å². The normalized spacial score (nSPS) is 34.1. The average molecular weight is 272 g/mol. The minimum atomic E-state index is 0.236. The van der Waals surface area contributed by atoms with Crippen LogP contribution in [-0.2, 0) is 9.47 Å². The molecule has 2 nitrogen and oxygen atoms in total. The lowest BCUT2D eigenvalue weighted by Crippen LogP contribution is -2.29. The molecule has 0 aliphatic heterocycles. The molecule has 5 unspecified atom stereocenters. The van der Waals surface area contributed by atoms with Gasteiger partial charge in [0, 0.05) is 7.11 Å². The molecule has 0 aromatic rings. The van der Waals surface area contributed by atoms with Gasteiger partial charge in [-0.05, 0) is 35.7 Å². The average Bonchev–Trinajstić information content (AvgIpc) is 2.59. The Bertz CT molecular complexity index is 238. The first-order valence-electron chi connectivity index (χ1n) is 7.24. The zero-order valence-corrected chi connectivity index (χ0v) is 13.5. The Morgan fingerprint density at radius 3 is 2.50 bits per heavy atom. The van der Waals surface area contributed by atoms with Gasteiger partial charge in [0.15, 0.2) is 0 Å². The van der Waals surface area contributed by atoms with E-state index in [9.17, 15) is 0 Å². The smallest absolute Gasteiger partial charge is 0.108 e. The molecule has 1 fully saturated rings. The lowest BCUT2D eigenvalue weighted by molar-refractivity contribution is -0.0455. The summed E-state index contributed by atoms with van der Waals surface area (Å²) in [6, 6.07) is 0. The molecule has 0 saturated heterocycles. The summed E-state index contributed by atoms with van der Waals surface area (Å²) in [6.45, 7) is 7.49. The van der Waals surface area contributed by atoms with Crippen LogP contribution in [0.1, 0.15) is 33.6 Å². The summed E-state index contributed by atoms with van der Waals surface area (Å²) in [5.74, 6) is 3.61. The van der Waals surface area contributed by atoms with E-state index in [0.717, 1.165) is 18.8 Å². The topological polar surface area (TPSA) is 18.5 Å². The van der Waals surface area contributed by atoms with Crippen molar-refractivity contribution in [1.29, 1.82) is 0 Å². The van der Waals surface area contributed by atoms with Gasteiger partial charge < -0.3 is 9.47 Å². The Morgan fingerprint density at radius 2 is 2.06 bits per heavy atom. The van der Waals surface area contributed by atoms with E-state index in [1.165, 1.54) is 6.42 Å². The quantitative estimate of drug-likeness (QED) is 0.567. The fourth-order valence-corrected chi connectivity index (χ4v) is 3.63. The maximum atomic E-state index is 6.15. The third-order valence-electron chi connectivity index (χ3n) is 4.27. The van der Waals surface area contributed by atoms with Crippen LogP contribution < -0.4 is 0 Å². The molecule has 0 amide bonds. The van der Waals surface area contributed by atoms with Crippen LogP contribution in [0.2, 0.25) is 5.82 Å². The van der Waals surface area contributed by atoms with Crippen LogP contribution in [0, 0.1) is 17.8 Å². The van der Waals surface area contributed by atoms with Crippen molar-refractivity contribution in [3.63, 3.8) is 0 Å². The maximum absolute atomic E-state index is 6.15. The largest absolute Gasteiger partial charge is 0.379 e. The van der Waals surface area contributed by atoms with Crippen LogP contribution in [-0.4, -0.2) is 39.5 Å². The molecule has 106 valence electrons. The lowest BCUT2D eigenvalue weighted by atomic mass is 9.83. The van der Waals surface area contributed by atoms with Crippen molar-refractivity contribution in [2.75, 3.05) is 19.5 Å². The Labute approximate surface area is 119 Å². The fourth-order valence-electron chi connectivity index (χ4n) is 3.15. The highest BCUT2D eigenvalue weighted by Gasteiger charge is 2.38. The first-order chi connectivity index (χ1) is 8.49. The molecule has 0 heterocycles. The van der Waals surface area contributed by atoms with Crippen LogP contribution in [0.3, 0.4) is 0 Å². The number of thiol groups is 1. The summed E-state index contributed by atoms with van der Waals surface area (Å²) in [4.78, 5) is 0. The summed E-state index contributed by atoms with van der Waals surface area (Å²) in [6.07, 6.45) is 2.94. The van der Waals surface area contributed by atoms with Crippen molar-refractivity contribution in [3.8, 4) is 0 Å². The SMILES string of the molecule is BC1CC(CS)C(C)C1OCC(CC(C)C)OC. The number of methoxy groups -OCH3 is 1. The van der Waals surface area contributed by atoms with Crippen molar-refractivity contribution in [1.82, 2.24) is 0 Å². The van der Waals surface area contributed by atoms with E-state index in [2.05, 4.69) is 41.2 Å². The van der Waals surface area contributed by atoms with Crippen LogP contribution >= 0.6 is 12.6 Å². The molecule has 4 heteroatoms. The van der Waals surface area contributed by atoms with Crippen LogP contribution in [0.25, 0.3) is 0 Å². The Balaban J connectivity index is 2.42. The Morgan fingerprint density at radius 1 is 1.39 bits per heavy atom. The van der Waals surface area contributed by atoms with Crippen molar-refractivity contribution in [2.24, 2.45) is 17.8 Å². The molecule has 1 saturated carbocycles. The summed E-state index contributed by atoms with van der Waals surface area (Å²) >= 11 is 4.45. The van der Waals surface area contributed by atoms with Crippen LogP contribution in [0.5, 0.6) is 0 Å². The van der Waals surface area contributed by atoms with Gasteiger partial charge in [-0.25, -0.2) is 0 Å². The molecular formula is C14H29BO2S. The van der Waals surface area contributed by atoms with E-state index in [1.807, 2.05) is 0 Å². The minimum Gasteiger partial charge on any atom is -0.379 e. The van der Waals surface area contributed by atoms with Crippen molar-refractivity contribution >= 4 is 20.5 Å². The van der Waals surface area contributed by atoms with E-state index in [-0.39, 0.29) is 6.10 Å². The second kappa shape index (κ2) is 7.81. The third-order valence-corrected chi connectivity index (χ3v) is 4.74. The minimum absolute atomic E-state index is 0.236. The lowest BCUT2D eigenvalue weighted by Gasteiger charge is -2.25. The van der Waals surface area contributed by atoms with Crippen LogP contribution in [0.4, 0.5) is 0 Å². The molecule has 0 radical (unpaired) electrons. The highest BCUT2D eigenvalue weighted by molar-refractivity contribution is 7.80. The Kier molecular flexibility index (Phi) is 7.11. The van der Waals surface area contributed by atoms with Crippen molar-refractivity contribution < 1.29 is 9.47 Å². The number of hydrogen-bond acceptors (Lipinski definition) is 3. The van der Waals surface area contributed by atoms with E-state index in [1.54, 1.807) is 7.11 Å². The van der Waals surface area contributed by atoms with Gasteiger partial charge in [0.05, 0.1) is 18.8 Å². The number of rotatable bonds is 7. The maximum Gasteiger partial charge on any atom is 0.108 e. The molecule has 18 heavy (non-hydrogen) atoms. The molecule has 0 spiro atoms. The molecule has 0 bridgehead atoms. The molecular weight excluding hydrogens is 243 g/mol. The standard InChI is InChI=1S/C14H29BO2S/c1-9(2)5-12(16-4)7-17-14-10(3)11(8-18)6-13(14)15/h9-14,18H,5-8,15H2,1-4H3. The molecule has 0 aromatic carbocycles. The second-order valence-electron chi connectivity index (χ2n) is 6.30.